The summed E-state index contributed by atoms with van der Waals surface area (Å²) in [4.78, 5) is 0. The quantitative estimate of drug-likeness (QED) is 0.856. The zero-order valence-electron chi connectivity index (χ0n) is 9.75. The Labute approximate surface area is 119 Å². The van der Waals surface area contributed by atoms with Gasteiger partial charge in [-0.3, -0.25) is 0 Å². The summed E-state index contributed by atoms with van der Waals surface area (Å²) < 4.78 is 14.1. The minimum atomic E-state index is -0.439. The number of aryl methyl sites for hydroxylation is 1. The zero-order valence-corrected chi connectivity index (χ0v) is 12.1. The van der Waals surface area contributed by atoms with Crippen LogP contribution in [0.3, 0.4) is 0 Å². The summed E-state index contributed by atoms with van der Waals surface area (Å²) in [6.45, 7) is 1.90. The van der Waals surface area contributed by atoms with Gasteiger partial charge in [-0.05, 0) is 57.7 Å². The molecule has 0 aliphatic rings. The van der Waals surface area contributed by atoms with Crippen molar-refractivity contribution >= 4 is 27.5 Å². The molecule has 18 heavy (non-hydrogen) atoms. The highest BCUT2D eigenvalue weighted by Gasteiger charge is 2.16. The first kappa shape index (κ1) is 13.5. The third kappa shape index (κ3) is 2.58. The van der Waals surface area contributed by atoms with Crippen LogP contribution in [0, 0.1) is 12.7 Å². The van der Waals surface area contributed by atoms with Crippen molar-refractivity contribution < 1.29 is 4.39 Å². The van der Waals surface area contributed by atoms with Crippen molar-refractivity contribution in [3.05, 3.63) is 68.4 Å². The van der Waals surface area contributed by atoms with Crippen molar-refractivity contribution in [2.24, 2.45) is 5.73 Å². The van der Waals surface area contributed by atoms with Crippen LogP contribution in [0.15, 0.2) is 40.9 Å². The van der Waals surface area contributed by atoms with Crippen LogP contribution < -0.4 is 5.73 Å². The molecule has 1 nitrogen and oxygen atoms in total. The summed E-state index contributed by atoms with van der Waals surface area (Å²) in [5, 5.41) is 0.564. The largest absolute Gasteiger partial charge is 0.320 e. The summed E-state index contributed by atoms with van der Waals surface area (Å²) in [5.74, 6) is -0.294. The van der Waals surface area contributed by atoms with Gasteiger partial charge in [0.15, 0.2) is 0 Å². The average Bonchev–Trinajstić information content (AvgIpc) is 2.35. The lowest BCUT2D eigenvalue weighted by atomic mass is 9.95. The molecule has 1 unspecified atom stereocenters. The lowest BCUT2D eigenvalue weighted by molar-refractivity contribution is 0.622. The van der Waals surface area contributed by atoms with Gasteiger partial charge < -0.3 is 5.73 Å². The van der Waals surface area contributed by atoms with Crippen LogP contribution in [-0.4, -0.2) is 0 Å². The summed E-state index contributed by atoms with van der Waals surface area (Å²) in [5.41, 5.74) is 8.65. The highest BCUT2D eigenvalue weighted by molar-refractivity contribution is 9.10. The standard InChI is InChI=1S/C14H12BrClFN/c1-8-5-6-9(17)7-11(8)14(18)10-3-2-4-12(15)13(10)16/h2-7,14H,18H2,1H3. The molecule has 0 amide bonds. The van der Waals surface area contributed by atoms with Gasteiger partial charge in [0, 0.05) is 4.47 Å². The minimum absolute atomic E-state index is 0.294. The molecule has 2 aromatic carbocycles. The second-order valence-corrected chi connectivity index (χ2v) is 5.35. The fraction of sp³-hybridized carbons (Fsp3) is 0.143. The van der Waals surface area contributed by atoms with E-state index in [1.165, 1.54) is 12.1 Å². The van der Waals surface area contributed by atoms with Gasteiger partial charge in [-0.25, -0.2) is 4.39 Å². The maximum atomic E-state index is 13.3. The van der Waals surface area contributed by atoms with Gasteiger partial charge in [0.25, 0.3) is 0 Å². The fourth-order valence-corrected chi connectivity index (χ4v) is 2.50. The second-order valence-electron chi connectivity index (χ2n) is 4.12. The van der Waals surface area contributed by atoms with Crippen molar-refractivity contribution in [3.8, 4) is 0 Å². The van der Waals surface area contributed by atoms with Crippen LogP contribution in [-0.2, 0) is 0 Å². The molecule has 94 valence electrons. The van der Waals surface area contributed by atoms with Gasteiger partial charge in [0.2, 0.25) is 0 Å². The molecule has 2 rings (SSSR count). The fourth-order valence-electron chi connectivity index (χ4n) is 1.87. The van der Waals surface area contributed by atoms with E-state index < -0.39 is 6.04 Å². The Hall–Kier alpha value is -0.900. The van der Waals surface area contributed by atoms with E-state index in [9.17, 15) is 4.39 Å². The first-order valence-corrected chi connectivity index (χ1v) is 6.63. The van der Waals surface area contributed by atoms with Gasteiger partial charge in [-0.1, -0.05) is 29.8 Å². The SMILES string of the molecule is Cc1ccc(F)cc1C(N)c1cccc(Br)c1Cl. The third-order valence-electron chi connectivity index (χ3n) is 2.89. The molecular formula is C14H12BrClFN. The Balaban J connectivity index is 2.51. The van der Waals surface area contributed by atoms with Gasteiger partial charge in [0.1, 0.15) is 5.82 Å². The molecule has 0 bridgehead atoms. The Morgan fingerprint density at radius 1 is 1.22 bits per heavy atom. The van der Waals surface area contributed by atoms with Crippen molar-refractivity contribution in [2.45, 2.75) is 13.0 Å². The second kappa shape index (κ2) is 5.39. The lowest BCUT2D eigenvalue weighted by Crippen LogP contribution is -2.14. The van der Waals surface area contributed by atoms with E-state index in [4.69, 9.17) is 17.3 Å². The van der Waals surface area contributed by atoms with E-state index in [-0.39, 0.29) is 5.82 Å². The molecule has 0 heterocycles. The first-order chi connectivity index (χ1) is 8.50. The van der Waals surface area contributed by atoms with E-state index in [0.717, 1.165) is 21.2 Å². The summed E-state index contributed by atoms with van der Waals surface area (Å²) in [6, 6.07) is 9.71. The van der Waals surface area contributed by atoms with Gasteiger partial charge in [-0.2, -0.15) is 0 Å². The monoisotopic (exact) mass is 327 g/mol. The Bertz CT molecular complexity index is 584. The van der Waals surface area contributed by atoms with E-state index in [0.29, 0.717) is 5.02 Å². The van der Waals surface area contributed by atoms with Crippen LogP contribution >= 0.6 is 27.5 Å². The molecule has 0 fully saturated rings. The Morgan fingerprint density at radius 2 is 1.94 bits per heavy atom. The topological polar surface area (TPSA) is 26.0 Å². The third-order valence-corrected chi connectivity index (χ3v) is 4.20. The number of hydrogen-bond acceptors (Lipinski definition) is 1. The van der Waals surface area contributed by atoms with Crippen LogP contribution in [0.2, 0.25) is 5.02 Å². The Kier molecular flexibility index (Phi) is 4.05. The van der Waals surface area contributed by atoms with E-state index in [1.54, 1.807) is 6.07 Å². The number of nitrogens with two attached hydrogens (primary N) is 1. The molecule has 0 saturated carbocycles. The first-order valence-electron chi connectivity index (χ1n) is 5.46. The molecule has 0 saturated heterocycles. The maximum Gasteiger partial charge on any atom is 0.123 e. The zero-order chi connectivity index (χ0) is 13.3. The highest BCUT2D eigenvalue weighted by Crippen LogP contribution is 2.33. The molecule has 0 aliphatic carbocycles. The predicted octanol–water partition coefficient (Wildman–Crippen LogP) is 4.60. The van der Waals surface area contributed by atoms with Gasteiger partial charge in [-0.15, -0.1) is 0 Å². The smallest absolute Gasteiger partial charge is 0.123 e. The minimum Gasteiger partial charge on any atom is -0.320 e. The summed E-state index contributed by atoms with van der Waals surface area (Å²) in [6.07, 6.45) is 0. The van der Waals surface area contributed by atoms with Crippen LogP contribution in [0.1, 0.15) is 22.7 Å². The van der Waals surface area contributed by atoms with Crippen LogP contribution in [0.25, 0.3) is 0 Å². The maximum absolute atomic E-state index is 13.3. The molecule has 1 atom stereocenters. The molecular weight excluding hydrogens is 317 g/mol. The number of halogens is 3. The Morgan fingerprint density at radius 3 is 2.67 bits per heavy atom. The average molecular weight is 329 g/mol. The van der Waals surface area contributed by atoms with Crippen molar-refractivity contribution in [2.75, 3.05) is 0 Å². The van der Waals surface area contributed by atoms with Gasteiger partial charge in [0.05, 0.1) is 11.1 Å². The van der Waals surface area contributed by atoms with Crippen LogP contribution in [0.4, 0.5) is 4.39 Å². The highest BCUT2D eigenvalue weighted by atomic mass is 79.9. The van der Waals surface area contributed by atoms with E-state index in [1.807, 2.05) is 25.1 Å². The summed E-state index contributed by atoms with van der Waals surface area (Å²) in [7, 11) is 0. The molecule has 4 heteroatoms. The molecule has 0 aliphatic heterocycles. The van der Waals surface area contributed by atoms with Crippen molar-refractivity contribution in [3.63, 3.8) is 0 Å². The van der Waals surface area contributed by atoms with Crippen LogP contribution in [0.5, 0.6) is 0 Å². The van der Waals surface area contributed by atoms with Crippen molar-refractivity contribution in [1.82, 2.24) is 0 Å². The molecule has 2 aromatic rings. The van der Waals surface area contributed by atoms with Gasteiger partial charge >= 0.3 is 0 Å². The lowest BCUT2D eigenvalue weighted by Gasteiger charge is -2.17. The number of benzene rings is 2. The van der Waals surface area contributed by atoms with Crippen molar-refractivity contribution in [1.29, 1.82) is 0 Å². The number of rotatable bonds is 2. The normalized spacial score (nSPS) is 12.5. The number of hydrogen-bond donors (Lipinski definition) is 1. The molecule has 2 N–H and O–H groups in total. The summed E-state index contributed by atoms with van der Waals surface area (Å²) >= 11 is 9.57. The van der Waals surface area contributed by atoms with E-state index in [2.05, 4.69) is 15.9 Å². The molecule has 0 aromatic heterocycles. The molecule has 0 spiro atoms. The van der Waals surface area contributed by atoms with E-state index >= 15 is 0 Å². The predicted molar refractivity (Wildman–Crippen MR) is 76.3 cm³/mol. The molecule has 0 radical (unpaired) electrons.